The lowest BCUT2D eigenvalue weighted by atomic mass is 10.2. The molecular weight excluding hydrogens is 300 g/mol. The predicted molar refractivity (Wildman–Crippen MR) is 83.3 cm³/mol. The SMILES string of the molecule is COc1cccc(C=NNC(=O)c2ccc(C=NO)nc2)c1O. The number of hydrazone groups is 1. The van der Waals surface area contributed by atoms with Gasteiger partial charge in [-0.2, -0.15) is 5.10 Å². The molecule has 2 aromatic rings. The molecule has 0 unspecified atom stereocenters. The molecule has 118 valence electrons. The minimum Gasteiger partial charge on any atom is -0.504 e. The fraction of sp³-hybridized carbons (Fsp3) is 0.0667. The Hall–Kier alpha value is -3.42. The molecule has 0 aliphatic heterocycles. The van der Waals surface area contributed by atoms with Crippen molar-refractivity contribution in [1.29, 1.82) is 0 Å². The van der Waals surface area contributed by atoms with Crippen molar-refractivity contribution in [3.63, 3.8) is 0 Å². The monoisotopic (exact) mass is 314 g/mol. The summed E-state index contributed by atoms with van der Waals surface area (Å²) in [5.74, 6) is -0.225. The number of benzene rings is 1. The number of carbonyl (C=O) groups excluding carboxylic acids is 1. The van der Waals surface area contributed by atoms with Crippen LogP contribution in [-0.2, 0) is 0 Å². The highest BCUT2D eigenvalue weighted by Gasteiger charge is 2.06. The number of hydrogen-bond donors (Lipinski definition) is 3. The van der Waals surface area contributed by atoms with Crippen LogP contribution in [0.5, 0.6) is 11.5 Å². The van der Waals surface area contributed by atoms with E-state index in [2.05, 4.69) is 20.7 Å². The van der Waals surface area contributed by atoms with E-state index in [1.807, 2.05) is 0 Å². The normalized spacial score (nSPS) is 11.0. The number of amides is 1. The van der Waals surface area contributed by atoms with Crippen molar-refractivity contribution in [3.8, 4) is 11.5 Å². The maximum absolute atomic E-state index is 11.9. The van der Waals surface area contributed by atoms with Crippen molar-refractivity contribution in [2.24, 2.45) is 10.3 Å². The molecule has 0 saturated carbocycles. The number of ether oxygens (including phenoxy) is 1. The minimum absolute atomic E-state index is 0.0673. The van der Waals surface area contributed by atoms with E-state index in [-0.39, 0.29) is 11.3 Å². The summed E-state index contributed by atoms with van der Waals surface area (Å²) < 4.78 is 4.98. The number of methoxy groups -OCH3 is 1. The second kappa shape index (κ2) is 7.55. The maximum Gasteiger partial charge on any atom is 0.272 e. The van der Waals surface area contributed by atoms with Gasteiger partial charge in [-0.15, -0.1) is 0 Å². The third-order valence-corrected chi connectivity index (χ3v) is 2.86. The Morgan fingerprint density at radius 2 is 2.13 bits per heavy atom. The average molecular weight is 314 g/mol. The highest BCUT2D eigenvalue weighted by Crippen LogP contribution is 2.27. The Labute approximate surface area is 131 Å². The first kappa shape index (κ1) is 16.0. The number of rotatable bonds is 5. The Morgan fingerprint density at radius 1 is 1.30 bits per heavy atom. The highest BCUT2D eigenvalue weighted by atomic mass is 16.5. The van der Waals surface area contributed by atoms with Gasteiger partial charge in [-0.1, -0.05) is 11.2 Å². The van der Waals surface area contributed by atoms with Gasteiger partial charge in [0.15, 0.2) is 11.5 Å². The first-order chi connectivity index (χ1) is 11.2. The first-order valence-electron chi connectivity index (χ1n) is 6.48. The number of aromatic hydroxyl groups is 1. The summed E-state index contributed by atoms with van der Waals surface area (Å²) in [4.78, 5) is 15.8. The van der Waals surface area contributed by atoms with Gasteiger partial charge in [0.05, 0.1) is 30.8 Å². The van der Waals surface area contributed by atoms with Gasteiger partial charge in [-0.25, -0.2) is 5.43 Å². The smallest absolute Gasteiger partial charge is 0.272 e. The molecule has 0 saturated heterocycles. The van der Waals surface area contributed by atoms with Gasteiger partial charge in [0.1, 0.15) is 0 Å². The minimum atomic E-state index is -0.469. The number of oxime groups is 1. The summed E-state index contributed by atoms with van der Waals surface area (Å²) in [7, 11) is 1.44. The molecule has 23 heavy (non-hydrogen) atoms. The van der Waals surface area contributed by atoms with Crippen LogP contribution in [-0.4, -0.2) is 40.7 Å². The third kappa shape index (κ3) is 4.03. The summed E-state index contributed by atoms with van der Waals surface area (Å²) in [6, 6.07) is 7.95. The molecular formula is C15H14N4O4. The molecule has 1 aromatic heterocycles. The number of para-hydroxylation sites is 1. The van der Waals surface area contributed by atoms with Gasteiger partial charge in [-0.3, -0.25) is 9.78 Å². The molecule has 2 rings (SSSR count). The van der Waals surface area contributed by atoms with Crippen LogP contribution in [0.1, 0.15) is 21.6 Å². The van der Waals surface area contributed by atoms with E-state index in [0.717, 1.165) is 6.21 Å². The molecule has 0 bridgehead atoms. The molecule has 0 atom stereocenters. The molecule has 3 N–H and O–H groups in total. The first-order valence-corrected chi connectivity index (χ1v) is 6.48. The van der Waals surface area contributed by atoms with Crippen LogP contribution in [0.3, 0.4) is 0 Å². The Kier molecular flexibility index (Phi) is 5.24. The summed E-state index contributed by atoms with van der Waals surface area (Å²) in [6.45, 7) is 0. The fourth-order valence-electron chi connectivity index (χ4n) is 1.71. The lowest BCUT2D eigenvalue weighted by molar-refractivity contribution is 0.0954. The van der Waals surface area contributed by atoms with Crippen LogP contribution >= 0.6 is 0 Å². The number of carbonyl (C=O) groups is 1. The summed E-state index contributed by atoms with van der Waals surface area (Å²) in [5, 5.41) is 24.9. The number of phenols is 1. The van der Waals surface area contributed by atoms with Crippen molar-refractivity contribution >= 4 is 18.3 Å². The van der Waals surface area contributed by atoms with E-state index in [9.17, 15) is 9.90 Å². The second-order valence-electron chi connectivity index (χ2n) is 4.31. The van der Waals surface area contributed by atoms with Crippen LogP contribution in [0.2, 0.25) is 0 Å². The van der Waals surface area contributed by atoms with E-state index >= 15 is 0 Å². The zero-order chi connectivity index (χ0) is 16.7. The fourth-order valence-corrected chi connectivity index (χ4v) is 1.71. The van der Waals surface area contributed by atoms with Crippen LogP contribution in [0.15, 0.2) is 46.8 Å². The molecule has 0 aliphatic rings. The van der Waals surface area contributed by atoms with Crippen LogP contribution in [0.25, 0.3) is 0 Å². The summed E-state index contributed by atoms with van der Waals surface area (Å²) in [6.07, 6.45) is 3.77. The molecule has 1 heterocycles. The third-order valence-electron chi connectivity index (χ3n) is 2.86. The lowest BCUT2D eigenvalue weighted by Gasteiger charge is -2.05. The Morgan fingerprint density at radius 3 is 2.78 bits per heavy atom. The number of nitrogens with zero attached hydrogens (tertiary/aromatic N) is 3. The molecule has 8 heteroatoms. The molecule has 0 radical (unpaired) electrons. The standard InChI is InChI=1S/C15H14N4O4/c1-23-13-4-2-3-10(14(13)20)8-17-19-15(21)11-5-6-12(9-18-22)16-7-11/h2-9,20,22H,1H3,(H,19,21). The topological polar surface area (TPSA) is 116 Å². The van der Waals surface area contributed by atoms with Crippen molar-refractivity contribution in [2.45, 2.75) is 0 Å². The summed E-state index contributed by atoms with van der Waals surface area (Å²) >= 11 is 0. The predicted octanol–water partition coefficient (Wildman–Crippen LogP) is 1.37. The van der Waals surface area contributed by atoms with E-state index in [1.165, 1.54) is 31.7 Å². The van der Waals surface area contributed by atoms with E-state index in [0.29, 0.717) is 17.0 Å². The largest absolute Gasteiger partial charge is 0.504 e. The zero-order valence-corrected chi connectivity index (χ0v) is 12.2. The van der Waals surface area contributed by atoms with Crippen molar-refractivity contribution in [3.05, 3.63) is 53.3 Å². The molecule has 0 aliphatic carbocycles. The zero-order valence-electron chi connectivity index (χ0n) is 12.2. The van der Waals surface area contributed by atoms with E-state index in [4.69, 9.17) is 9.94 Å². The van der Waals surface area contributed by atoms with Crippen LogP contribution in [0, 0.1) is 0 Å². The van der Waals surface area contributed by atoms with E-state index in [1.54, 1.807) is 18.2 Å². The number of phenolic OH excluding ortho intramolecular Hbond substituents is 1. The van der Waals surface area contributed by atoms with Gasteiger partial charge in [0.25, 0.3) is 5.91 Å². The quantitative estimate of drug-likeness (QED) is 0.438. The van der Waals surface area contributed by atoms with Gasteiger partial charge < -0.3 is 15.1 Å². The maximum atomic E-state index is 11.9. The van der Waals surface area contributed by atoms with E-state index < -0.39 is 5.91 Å². The summed E-state index contributed by atoms with van der Waals surface area (Å²) in [5.41, 5.74) is 3.41. The Balaban J connectivity index is 2.04. The van der Waals surface area contributed by atoms with Crippen LogP contribution < -0.4 is 10.2 Å². The number of aromatic nitrogens is 1. The molecule has 0 spiro atoms. The van der Waals surface area contributed by atoms with Crippen molar-refractivity contribution in [2.75, 3.05) is 7.11 Å². The van der Waals surface area contributed by atoms with Gasteiger partial charge >= 0.3 is 0 Å². The highest BCUT2D eigenvalue weighted by molar-refractivity contribution is 5.95. The Bertz CT molecular complexity index is 742. The van der Waals surface area contributed by atoms with Crippen molar-refractivity contribution in [1.82, 2.24) is 10.4 Å². The lowest BCUT2D eigenvalue weighted by Crippen LogP contribution is -2.17. The van der Waals surface area contributed by atoms with Crippen molar-refractivity contribution < 1.29 is 19.8 Å². The number of pyridine rings is 1. The second-order valence-corrected chi connectivity index (χ2v) is 4.31. The molecule has 0 fully saturated rings. The molecule has 1 aromatic carbocycles. The number of nitrogens with one attached hydrogen (secondary N) is 1. The van der Waals surface area contributed by atoms with Gasteiger partial charge in [-0.05, 0) is 24.3 Å². The van der Waals surface area contributed by atoms with Gasteiger partial charge in [0.2, 0.25) is 0 Å². The average Bonchev–Trinajstić information content (AvgIpc) is 2.57. The van der Waals surface area contributed by atoms with Crippen LogP contribution in [0.4, 0.5) is 0 Å². The molecule has 8 nitrogen and oxygen atoms in total. The van der Waals surface area contributed by atoms with Gasteiger partial charge in [0, 0.05) is 11.8 Å². The number of hydrogen-bond acceptors (Lipinski definition) is 7. The molecule has 1 amide bonds.